The predicted molar refractivity (Wildman–Crippen MR) is 77.4 cm³/mol. The fourth-order valence-corrected chi connectivity index (χ4v) is 2.44. The van der Waals surface area contributed by atoms with Crippen molar-refractivity contribution in [3.05, 3.63) is 70.5 Å². The molecule has 2 aromatic rings. The average Bonchev–Trinajstić information content (AvgIpc) is 2.48. The second-order valence-corrected chi connectivity index (χ2v) is 5.32. The van der Waals surface area contributed by atoms with Crippen LogP contribution in [0.3, 0.4) is 0 Å². The molecule has 0 unspecified atom stereocenters. The van der Waals surface area contributed by atoms with Gasteiger partial charge in [0.1, 0.15) is 5.82 Å². The lowest BCUT2D eigenvalue weighted by Crippen LogP contribution is -2.38. The van der Waals surface area contributed by atoms with E-state index in [2.05, 4.69) is 0 Å². The summed E-state index contributed by atoms with van der Waals surface area (Å²) in [7, 11) is 0. The molecule has 0 spiro atoms. The van der Waals surface area contributed by atoms with Gasteiger partial charge in [0.25, 0.3) is 0 Å². The largest absolute Gasteiger partial charge is 0.395 e. The Morgan fingerprint density at radius 3 is 2.10 bits per heavy atom. The average molecular weight is 295 g/mol. The molecule has 4 heteroatoms. The Bertz CT molecular complexity index is 565. The molecule has 0 heterocycles. The van der Waals surface area contributed by atoms with Gasteiger partial charge in [0, 0.05) is 10.4 Å². The first-order valence-corrected chi connectivity index (χ1v) is 6.70. The van der Waals surface area contributed by atoms with Crippen LogP contribution in [0, 0.1) is 5.82 Å². The van der Waals surface area contributed by atoms with E-state index < -0.39 is 11.2 Å². The van der Waals surface area contributed by atoms with Crippen LogP contribution in [0.2, 0.25) is 5.02 Å². The molecular formula is C16H16ClFO2. The van der Waals surface area contributed by atoms with Crippen LogP contribution in [0.25, 0.3) is 0 Å². The molecule has 0 aliphatic heterocycles. The Kier molecular flexibility index (Phi) is 4.76. The Morgan fingerprint density at radius 1 is 0.950 bits per heavy atom. The highest BCUT2D eigenvalue weighted by Crippen LogP contribution is 2.30. The fraction of sp³-hybridized carbons (Fsp3) is 0.250. The second-order valence-electron chi connectivity index (χ2n) is 4.88. The first-order valence-electron chi connectivity index (χ1n) is 6.32. The molecule has 0 fully saturated rings. The van der Waals surface area contributed by atoms with Crippen LogP contribution in [0.15, 0.2) is 48.5 Å². The highest BCUT2D eigenvalue weighted by atomic mass is 35.5. The van der Waals surface area contributed by atoms with Crippen LogP contribution in [-0.4, -0.2) is 23.4 Å². The summed E-state index contributed by atoms with van der Waals surface area (Å²) < 4.78 is 14.0. The van der Waals surface area contributed by atoms with Crippen LogP contribution in [0.4, 0.5) is 4.39 Å². The van der Waals surface area contributed by atoms with E-state index in [4.69, 9.17) is 11.6 Å². The lowest BCUT2D eigenvalue weighted by Gasteiger charge is -2.31. The molecule has 2 aromatic carbocycles. The monoisotopic (exact) mass is 294 g/mol. The van der Waals surface area contributed by atoms with Gasteiger partial charge in [0.2, 0.25) is 0 Å². The van der Waals surface area contributed by atoms with Gasteiger partial charge in [-0.1, -0.05) is 41.9 Å². The van der Waals surface area contributed by atoms with Gasteiger partial charge >= 0.3 is 0 Å². The summed E-state index contributed by atoms with van der Waals surface area (Å²) in [5.74, 6) is -0.426. The van der Waals surface area contributed by atoms with Gasteiger partial charge in [-0.05, 0) is 35.7 Å². The van der Waals surface area contributed by atoms with Crippen molar-refractivity contribution >= 4 is 11.6 Å². The van der Waals surface area contributed by atoms with E-state index in [1.165, 1.54) is 6.07 Å². The van der Waals surface area contributed by atoms with Crippen molar-refractivity contribution in [3.63, 3.8) is 0 Å². The van der Waals surface area contributed by atoms with Crippen molar-refractivity contribution in [3.8, 4) is 0 Å². The van der Waals surface area contributed by atoms with Crippen molar-refractivity contribution in [1.82, 2.24) is 0 Å². The minimum absolute atomic E-state index is 0.319. The maximum absolute atomic E-state index is 14.0. The number of hydrogen-bond donors (Lipinski definition) is 2. The van der Waals surface area contributed by atoms with Gasteiger partial charge in [0.05, 0.1) is 13.2 Å². The zero-order chi connectivity index (χ0) is 14.6. The summed E-state index contributed by atoms with van der Waals surface area (Å²) in [6, 6.07) is 13.3. The third-order valence-corrected chi connectivity index (χ3v) is 3.76. The van der Waals surface area contributed by atoms with Crippen LogP contribution in [0.1, 0.15) is 11.1 Å². The van der Waals surface area contributed by atoms with Crippen molar-refractivity contribution in [2.75, 3.05) is 13.2 Å². The molecule has 2 N–H and O–H groups in total. The van der Waals surface area contributed by atoms with Gasteiger partial charge < -0.3 is 10.2 Å². The number of aliphatic hydroxyl groups is 2. The summed E-state index contributed by atoms with van der Waals surface area (Å²) in [6.07, 6.45) is 0.331. The van der Waals surface area contributed by atoms with E-state index in [1.807, 2.05) is 12.1 Å². The van der Waals surface area contributed by atoms with E-state index in [9.17, 15) is 14.6 Å². The van der Waals surface area contributed by atoms with Crippen LogP contribution in [-0.2, 0) is 11.8 Å². The molecular weight excluding hydrogens is 279 g/mol. The van der Waals surface area contributed by atoms with Crippen LogP contribution >= 0.6 is 11.6 Å². The number of halogens is 2. The number of aliphatic hydroxyl groups excluding tert-OH is 2. The van der Waals surface area contributed by atoms with Crippen molar-refractivity contribution < 1.29 is 14.6 Å². The first kappa shape index (κ1) is 15.0. The molecule has 0 aliphatic carbocycles. The molecule has 0 saturated carbocycles. The number of hydrogen-bond acceptors (Lipinski definition) is 2. The Hall–Kier alpha value is -1.42. The summed E-state index contributed by atoms with van der Waals surface area (Å²) in [5.41, 5.74) is 0.153. The summed E-state index contributed by atoms with van der Waals surface area (Å²) in [6.45, 7) is -0.680. The van der Waals surface area contributed by atoms with Gasteiger partial charge in [0.15, 0.2) is 0 Å². The van der Waals surface area contributed by atoms with E-state index in [0.29, 0.717) is 17.0 Å². The minimum atomic E-state index is -1.04. The van der Waals surface area contributed by atoms with E-state index >= 15 is 0 Å². The number of rotatable bonds is 5. The van der Waals surface area contributed by atoms with Gasteiger partial charge in [-0.3, -0.25) is 0 Å². The highest BCUT2D eigenvalue weighted by molar-refractivity contribution is 6.30. The molecule has 0 amide bonds. The Balaban J connectivity index is 2.39. The second kappa shape index (κ2) is 6.35. The van der Waals surface area contributed by atoms with Crippen LogP contribution < -0.4 is 0 Å². The topological polar surface area (TPSA) is 40.5 Å². The SMILES string of the molecule is OCC(CO)(Cc1ccc(Cl)cc1)c1ccccc1F. The lowest BCUT2D eigenvalue weighted by atomic mass is 9.76. The fourth-order valence-electron chi connectivity index (χ4n) is 2.31. The van der Waals surface area contributed by atoms with E-state index in [0.717, 1.165) is 5.56 Å². The standard InChI is InChI=1S/C16H16ClFO2/c17-13-7-5-12(6-8-13)9-16(10-19,11-20)14-3-1-2-4-15(14)18/h1-8,19-20H,9-11H2. The van der Waals surface area contributed by atoms with Crippen molar-refractivity contribution in [2.45, 2.75) is 11.8 Å². The third kappa shape index (κ3) is 3.01. The Labute approximate surface area is 122 Å². The number of benzene rings is 2. The molecule has 0 bridgehead atoms. The van der Waals surface area contributed by atoms with Crippen molar-refractivity contribution in [1.29, 1.82) is 0 Å². The molecule has 0 aromatic heterocycles. The van der Waals surface area contributed by atoms with E-state index in [-0.39, 0.29) is 13.2 Å². The maximum Gasteiger partial charge on any atom is 0.127 e. The normalized spacial score (nSPS) is 11.6. The van der Waals surface area contributed by atoms with Crippen molar-refractivity contribution in [2.24, 2.45) is 0 Å². The summed E-state index contributed by atoms with van der Waals surface area (Å²) >= 11 is 5.83. The maximum atomic E-state index is 14.0. The highest BCUT2D eigenvalue weighted by Gasteiger charge is 2.33. The molecule has 20 heavy (non-hydrogen) atoms. The first-order chi connectivity index (χ1) is 9.61. The molecule has 2 rings (SSSR count). The molecule has 0 atom stereocenters. The third-order valence-electron chi connectivity index (χ3n) is 3.51. The van der Waals surface area contributed by atoms with Gasteiger partial charge in [-0.15, -0.1) is 0 Å². The minimum Gasteiger partial charge on any atom is -0.395 e. The molecule has 0 saturated heterocycles. The van der Waals surface area contributed by atoms with Gasteiger partial charge in [-0.2, -0.15) is 0 Å². The van der Waals surface area contributed by atoms with Crippen LogP contribution in [0.5, 0.6) is 0 Å². The van der Waals surface area contributed by atoms with E-state index in [1.54, 1.807) is 30.3 Å². The quantitative estimate of drug-likeness (QED) is 0.890. The Morgan fingerprint density at radius 2 is 1.55 bits per heavy atom. The molecule has 106 valence electrons. The predicted octanol–water partition coefficient (Wildman–Crippen LogP) is 2.94. The van der Waals surface area contributed by atoms with Gasteiger partial charge in [-0.25, -0.2) is 4.39 Å². The molecule has 0 radical (unpaired) electrons. The summed E-state index contributed by atoms with van der Waals surface area (Å²) in [4.78, 5) is 0. The zero-order valence-electron chi connectivity index (χ0n) is 10.9. The molecule has 0 aliphatic rings. The lowest BCUT2D eigenvalue weighted by molar-refractivity contribution is 0.113. The molecule has 2 nitrogen and oxygen atoms in total. The summed E-state index contributed by atoms with van der Waals surface area (Å²) in [5, 5.41) is 20.0. The smallest absolute Gasteiger partial charge is 0.127 e. The zero-order valence-corrected chi connectivity index (χ0v) is 11.6.